The number of benzene rings is 2. The van der Waals surface area contributed by atoms with Gasteiger partial charge < -0.3 is 10.3 Å². The van der Waals surface area contributed by atoms with Crippen LogP contribution >= 0.6 is 12.2 Å². The number of aryl methyl sites for hydroxylation is 1. The number of hydrogen-bond donors (Lipinski definition) is 1. The number of rotatable bonds is 4. The molecule has 1 heterocycles. The summed E-state index contributed by atoms with van der Waals surface area (Å²) in [4.78, 5) is 5.16. The molecule has 2 aromatic carbocycles. The quantitative estimate of drug-likeness (QED) is 0.748. The first-order valence-electron chi connectivity index (χ1n) is 6.93. The van der Waals surface area contributed by atoms with Gasteiger partial charge >= 0.3 is 0 Å². The van der Waals surface area contributed by atoms with E-state index in [9.17, 15) is 0 Å². The second-order valence-corrected chi connectivity index (χ2v) is 5.64. The van der Waals surface area contributed by atoms with E-state index in [1.165, 1.54) is 5.56 Å². The SMILES string of the molecule is Cc1nc2ccccc2n1C(CC(N)=S)c1ccccc1. The maximum absolute atomic E-state index is 5.83. The van der Waals surface area contributed by atoms with Gasteiger partial charge in [0.2, 0.25) is 0 Å². The zero-order chi connectivity index (χ0) is 14.8. The van der Waals surface area contributed by atoms with Crippen LogP contribution in [0.2, 0.25) is 0 Å². The summed E-state index contributed by atoms with van der Waals surface area (Å²) in [6, 6.07) is 18.5. The summed E-state index contributed by atoms with van der Waals surface area (Å²) in [5.74, 6) is 0.973. The monoisotopic (exact) mass is 295 g/mol. The molecule has 2 N–H and O–H groups in total. The van der Waals surface area contributed by atoms with Gasteiger partial charge in [0.05, 0.1) is 22.1 Å². The molecule has 3 aromatic rings. The minimum atomic E-state index is 0.0797. The summed E-state index contributed by atoms with van der Waals surface area (Å²) < 4.78 is 2.23. The Hall–Kier alpha value is -2.20. The lowest BCUT2D eigenvalue weighted by atomic mass is 10.0. The van der Waals surface area contributed by atoms with Gasteiger partial charge in [-0.05, 0) is 24.6 Å². The van der Waals surface area contributed by atoms with Crippen molar-refractivity contribution in [1.29, 1.82) is 0 Å². The van der Waals surface area contributed by atoms with Gasteiger partial charge in [0.1, 0.15) is 5.82 Å². The lowest BCUT2D eigenvalue weighted by Crippen LogP contribution is -2.19. The Kier molecular flexibility index (Phi) is 3.71. The smallest absolute Gasteiger partial charge is 0.107 e. The highest BCUT2D eigenvalue weighted by atomic mass is 32.1. The standard InChI is InChI=1S/C17H17N3S/c1-12-19-14-9-5-6-10-15(14)20(12)16(11-17(18)21)13-7-3-2-4-8-13/h2-10,16H,11H2,1H3,(H2,18,21). The highest BCUT2D eigenvalue weighted by Crippen LogP contribution is 2.28. The van der Waals surface area contributed by atoms with E-state index in [1.54, 1.807) is 0 Å². The van der Waals surface area contributed by atoms with Gasteiger partial charge in [-0.25, -0.2) is 4.98 Å². The Labute approximate surface area is 129 Å². The van der Waals surface area contributed by atoms with Crippen molar-refractivity contribution in [1.82, 2.24) is 9.55 Å². The van der Waals surface area contributed by atoms with Crippen molar-refractivity contribution in [2.45, 2.75) is 19.4 Å². The molecule has 0 spiro atoms. The fraction of sp³-hybridized carbons (Fsp3) is 0.176. The number of para-hydroxylation sites is 2. The first-order chi connectivity index (χ1) is 10.2. The number of nitrogens with two attached hydrogens (primary N) is 1. The Morgan fingerprint density at radius 2 is 1.81 bits per heavy atom. The molecule has 0 radical (unpaired) electrons. The molecule has 0 fully saturated rings. The van der Waals surface area contributed by atoms with E-state index in [4.69, 9.17) is 18.0 Å². The number of hydrogen-bond acceptors (Lipinski definition) is 2. The molecule has 0 aliphatic rings. The first-order valence-corrected chi connectivity index (χ1v) is 7.34. The molecule has 3 rings (SSSR count). The summed E-state index contributed by atoms with van der Waals surface area (Å²) in [7, 11) is 0. The van der Waals surface area contributed by atoms with Crippen molar-refractivity contribution in [3.63, 3.8) is 0 Å². The Morgan fingerprint density at radius 3 is 2.52 bits per heavy atom. The number of imidazole rings is 1. The third-order valence-corrected chi connectivity index (χ3v) is 3.83. The van der Waals surface area contributed by atoms with Crippen molar-refractivity contribution in [2.75, 3.05) is 0 Å². The van der Waals surface area contributed by atoms with Crippen LogP contribution in [0.25, 0.3) is 11.0 Å². The molecular weight excluding hydrogens is 278 g/mol. The Bertz CT molecular complexity index is 777. The summed E-state index contributed by atoms with van der Waals surface area (Å²) in [6.45, 7) is 2.02. The van der Waals surface area contributed by atoms with Crippen molar-refractivity contribution in [3.8, 4) is 0 Å². The number of aromatic nitrogens is 2. The average molecular weight is 295 g/mol. The maximum Gasteiger partial charge on any atom is 0.107 e. The molecule has 106 valence electrons. The van der Waals surface area contributed by atoms with E-state index in [0.717, 1.165) is 16.9 Å². The van der Waals surface area contributed by atoms with Crippen LogP contribution in [0.15, 0.2) is 54.6 Å². The summed E-state index contributed by atoms with van der Waals surface area (Å²) in [5, 5.41) is 0. The molecular formula is C17H17N3S. The van der Waals surface area contributed by atoms with Crippen molar-refractivity contribution in [3.05, 3.63) is 66.0 Å². The van der Waals surface area contributed by atoms with Crippen LogP contribution in [0.3, 0.4) is 0 Å². The second-order valence-electron chi connectivity index (χ2n) is 5.11. The molecule has 1 aromatic heterocycles. The summed E-state index contributed by atoms with van der Waals surface area (Å²) in [6.07, 6.45) is 0.626. The lowest BCUT2D eigenvalue weighted by molar-refractivity contribution is 0.606. The largest absolute Gasteiger partial charge is 0.393 e. The Morgan fingerprint density at radius 1 is 1.14 bits per heavy atom. The minimum Gasteiger partial charge on any atom is -0.393 e. The van der Waals surface area contributed by atoms with Gasteiger partial charge in [0.25, 0.3) is 0 Å². The molecule has 21 heavy (non-hydrogen) atoms. The molecule has 0 amide bonds. The van der Waals surface area contributed by atoms with Crippen LogP contribution in [0.1, 0.15) is 23.9 Å². The van der Waals surface area contributed by atoms with E-state index in [2.05, 4.69) is 27.8 Å². The predicted octanol–water partition coefficient (Wildman–Crippen LogP) is 3.61. The zero-order valence-electron chi connectivity index (χ0n) is 11.9. The minimum absolute atomic E-state index is 0.0797. The molecule has 3 nitrogen and oxygen atoms in total. The van der Waals surface area contributed by atoms with Gasteiger partial charge in [-0.3, -0.25) is 0 Å². The maximum atomic E-state index is 5.83. The van der Waals surface area contributed by atoms with Gasteiger partial charge in [-0.1, -0.05) is 54.7 Å². The fourth-order valence-corrected chi connectivity index (χ4v) is 2.94. The van der Waals surface area contributed by atoms with E-state index in [1.807, 2.05) is 43.3 Å². The fourth-order valence-electron chi connectivity index (χ4n) is 2.78. The summed E-state index contributed by atoms with van der Waals surface area (Å²) >= 11 is 5.16. The predicted molar refractivity (Wildman–Crippen MR) is 90.5 cm³/mol. The van der Waals surface area contributed by atoms with Crippen LogP contribution in [0.5, 0.6) is 0 Å². The van der Waals surface area contributed by atoms with Gasteiger partial charge in [-0.2, -0.15) is 0 Å². The number of thiocarbonyl (C=S) groups is 1. The van der Waals surface area contributed by atoms with Gasteiger partial charge in [0.15, 0.2) is 0 Å². The van der Waals surface area contributed by atoms with Crippen LogP contribution in [0.4, 0.5) is 0 Å². The highest BCUT2D eigenvalue weighted by molar-refractivity contribution is 7.80. The zero-order valence-corrected chi connectivity index (χ0v) is 12.7. The molecule has 0 saturated heterocycles. The van der Waals surface area contributed by atoms with Crippen LogP contribution < -0.4 is 5.73 Å². The van der Waals surface area contributed by atoms with Crippen molar-refractivity contribution < 1.29 is 0 Å². The normalized spacial score (nSPS) is 12.4. The van der Waals surface area contributed by atoms with E-state index in [-0.39, 0.29) is 6.04 Å². The topological polar surface area (TPSA) is 43.8 Å². The number of nitrogens with zero attached hydrogens (tertiary/aromatic N) is 2. The average Bonchev–Trinajstić information content (AvgIpc) is 2.81. The van der Waals surface area contributed by atoms with Crippen LogP contribution in [-0.4, -0.2) is 14.5 Å². The van der Waals surface area contributed by atoms with Crippen LogP contribution in [0, 0.1) is 6.92 Å². The highest BCUT2D eigenvalue weighted by Gasteiger charge is 2.19. The van der Waals surface area contributed by atoms with Crippen molar-refractivity contribution in [2.24, 2.45) is 5.73 Å². The van der Waals surface area contributed by atoms with Gasteiger partial charge in [-0.15, -0.1) is 0 Å². The molecule has 1 unspecified atom stereocenters. The molecule has 0 aliphatic heterocycles. The van der Waals surface area contributed by atoms with E-state index >= 15 is 0 Å². The lowest BCUT2D eigenvalue weighted by Gasteiger charge is -2.21. The van der Waals surface area contributed by atoms with Crippen molar-refractivity contribution >= 4 is 28.2 Å². The molecule has 4 heteroatoms. The molecule has 0 aliphatic carbocycles. The molecule has 0 saturated carbocycles. The third-order valence-electron chi connectivity index (χ3n) is 3.66. The van der Waals surface area contributed by atoms with Gasteiger partial charge in [0, 0.05) is 6.42 Å². The summed E-state index contributed by atoms with van der Waals surface area (Å²) in [5.41, 5.74) is 9.13. The number of fused-ring (bicyclic) bond motifs is 1. The molecule has 0 bridgehead atoms. The van der Waals surface area contributed by atoms with E-state index < -0.39 is 0 Å². The first kappa shape index (κ1) is 13.8. The Balaban J connectivity index is 2.19. The second kappa shape index (κ2) is 5.66. The van der Waals surface area contributed by atoms with Crippen LogP contribution in [-0.2, 0) is 0 Å². The third kappa shape index (κ3) is 2.67. The molecule has 1 atom stereocenters. The van der Waals surface area contributed by atoms with E-state index in [0.29, 0.717) is 11.4 Å².